The Kier molecular flexibility index (Phi) is 4.19. The minimum absolute atomic E-state index is 0.0147. The van der Waals surface area contributed by atoms with E-state index in [2.05, 4.69) is 36.1 Å². The van der Waals surface area contributed by atoms with Crippen molar-refractivity contribution in [2.45, 2.75) is 33.9 Å². The first kappa shape index (κ1) is 14.7. The number of anilines is 1. The number of nitrogens with one attached hydrogen (secondary N) is 1. The van der Waals surface area contributed by atoms with Crippen LogP contribution >= 0.6 is 0 Å². The Bertz CT molecular complexity index is 396. The molecule has 18 heavy (non-hydrogen) atoms. The van der Waals surface area contributed by atoms with Gasteiger partial charge in [-0.2, -0.15) is 13.2 Å². The molecule has 0 saturated heterocycles. The third kappa shape index (κ3) is 4.16. The van der Waals surface area contributed by atoms with Crippen molar-refractivity contribution < 1.29 is 13.2 Å². The van der Waals surface area contributed by atoms with E-state index >= 15 is 0 Å². The molecule has 0 fully saturated rings. The number of hydrogen-bond acceptors (Lipinski definition) is 3. The third-order valence-corrected chi connectivity index (χ3v) is 2.99. The monoisotopic (exact) mass is 261 g/mol. The number of alkyl halides is 3. The molecule has 1 N–H and O–H groups in total. The SMILES string of the molecule is CC(CNc1nccc(C(F)(F)F)n1)C(C)(C)C. The lowest BCUT2D eigenvalue weighted by Crippen LogP contribution is -2.25. The normalized spacial score (nSPS) is 14.4. The van der Waals surface area contributed by atoms with Crippen LogP contribution < -0.4 is 5.32 Å². The van der Waals surface area contributed by atoms with E-state index in [-0.39, 0.29) is 17.3 Å². The van der Waals surface area contributed by atoms with Crippen molar-refractivity contribution in [2.75, 3.05) is 11.9 Å². The van der Waals surface area contributed by atoms with Gasteiger partial charge in [0.15, 0.2) is 0 Å². The Morgan fingerprint density at radius 2 is 1.89 bits per heavy atom. The Morgan fingerprint density at radius 3 is 2.39 bits per heavy atom. The lowest BCUT2D eigenvalue weighted by Gasteiger charge is -2.27. The molecule has 6 heteroatoms. The average Bonchev–Trinajstić information content (AvgIpc) is 2.23. The molecule has 1 aromatic heterocycles. The predicted octanol–water partition coefficient (Wildman–Crippen LogP) is 3.59. The molecule has 1 rings (SSSR count). The van der Waals surface area contributed by atoms with E-state index in [1.54, 1.807) is 0 Å². The number of hydrogen-bond donors (Lipinski definition) is 1. The number of halogens is 3. The summed E-state index contributed by atoms with van der Waals surface area (Å²) in [6.45, 7) is 8.79. The second-order valence-corrected chi connectivity index (χ2v) is 5.41. The molecule has 0 aliphatic rings. The maximum absolute atomic E-state index is 12.4. The zero-order valence-electron chi connectivity index (χ0n) is 11.0. The zero-order valence-corrected chi connectivity index (χ0v) is 11.0. The fraction of sp³-hybridized carbons (Fsp3) is 0.667. The summed E-state index contributed by atoms with van der Waals surface area (Å²) < 4.78 is 37.3. The fourth-order valence-corrected chi connectivity index (χ4v) is 1.15. The molecule has 1 aromatic rings. The van der Waals surface area contributed by atoms with Gasteiger partial charge in [0.05, 0.1) is 0 Å². The highest BCUT2D eigenvalue weighted by molar-refractivity contribution is 5.26. The second kappa shape index (κ2) is 5.12. The third-order valence-electron chi connectivity index (χ3n) is 2.99. The first-order chi connectivity index (χ1) is 8.10. The summed E-state index contributed by atoms with van der Waals surface area (Å²) in [5.74, 6) is 0.302. The maximum atomic E-state index is 12.4. The van der Waals surface area contributed by atoms with E-state index in [0.717, 1.165) is 12.3 Å². The van der Waals surface area contributed by atoms with Gasteiger partial charge in [-0.25, -0.2) is 9.97 Å². The van der Waals surface area contributed by atoms with Gasteiger partial charge < -0.3 is 5.32 Å². The summed E-state index contributed by atoms with van der Waals surface area (Å²) in [5, 5.41) is 2.84. The smallest absolute Gasteiger partial charge is 0.354 e. The fourth-order valence-electron chi connectivity index (χ4n) is 1.15. The summed E-state index contributed by atoms with van der Waals surface area (Å²) in [6, 6.07) is 0.859. The highest BCUT2D eigenvalue weighted by Crippen LogP contribution is 2.28. The van der Waals surface area contributed by atoms with E-state index in [1.807, 2.05) is 6.92 Å². The van der Waals surface area contributed by atoms with Crippen molar-refractivity contribution in [1.29, 1.82) is 0 Å². The van der Waals surface area contributed by atoms with Crippen LogP contribution in [0.3, 0.4) is 0 Å². The summed E-state index contributed by atoms with van der Waals surface area (Å²) >= 11 is 0. The van der Waals surface area contributed by atoms with E-state index < -0.39 is 11.9 Å². The molecule has 3 nitrogen and oxygen atoms in total. The van der Waals surface area contributed by atoms with Crippen molar-refractivity contribution >= 4 is 5.95 Å². The van der Waals surface area contributed by atoms with Crippen molar-refractivity contribution in [3.63, 3.8) is 0 Å². The molecule has 0 aliphatic heterocycles. The van der Waals surface area contributed by atoms with Crippen LogP contribution in [0.5, 0.6) is 0 Å². The Morgan fingerprint density at radius 1 is 1.28 bits per heavy atom. The molecule has 1 heterocycles. The Hall–Kier alpha value is -1.33. The largest absolute Gasteiger partial charge is 0.433 e. The molecule has 0 aliphatic carbocycles. The van der Waals surface area contributed by atoms with Crippen molar-refractivity contribution in [3.8, 4) is 0 Å². The van der Waals surface area contributed by atoms with Crippen molar-refractivity contribution in [1.82, 2.24) is 9.97 Å². The van der Waals surface area contributed by atoms with E-state index in [9.17, 15) is 13.2 Å². The van der Waals surface area contributed by atoms with Crippen LogP contribution in [0.25, 0.3) is 0 Å². The van der Waals surface area contributed by atoms with E-state index in [4.69, 9.17) is 0 Å². The molecule has 0 amide bonds. The minimum atomic E-state index is -4.44. The molecular weight excluding hydrogens is 243 g/mol. The topological polar surface area (TPSA) is 37.8 Å². The molecular formula is C12H18F3N3. The molecule has 0 spiro atoms. The predicted molar refractivity (Wildman–Crippen MR) is 64.1 cm³/mol. The zero-order chi connectivity index (χ0) is 14.0. The molecule has 0 bridgehead atoms. The number of rotatable bonds is 3. The summed E-state index contributed by atoms with van der Waals surface area (Å²) in [4.78, 5) is 7.24. The van der Waals surface area contributed by atoms with Crippen LogP contribution in [0.2, 0.25) is 0 Å². The van der Waals surface area contributed by atoms with Crippen LogP contribution in [0.4, 0.5) is 19.1 Å². The standard InChI is InChI=1S/C12H18F3N3/c1-8(11(2,3)4)7-17-10-16-6-5-9(18-10)12(13,14)15/h5-6,8H,7H2,1-4H3,(H,16,17,18). The maximum Gasteiger partial charge on any atom is 0.433 e. The summed E-state index contributed by atoms with van der Waals surface area (Å²) in [5.41, 5.74) is -0.849. The van der Waals surface area contributed by atoms with Crippen molar-refractivity contribution in [2.24, 2.45) is 11.3 Å². The van der Waals surface area contributed by atoms with Gasteiger partial charge in [0.25, 0.3) is 0 Å². The minimum Gasteiger partial charge on any atom is -0.354 e. The van der Waals surface area contributed by atoms with Crippen LogP contribution in [0.15, 0.2) is 12.3 Å². The highest BCUT2D eigenvalue weighted by Gasteiger charge is 2.32. The average molecular weight is 261 g/mol. The quantitative estimate of drug-likeness (QED) is 0.903. The van der Waals surface area contributed by atoms with E-state index in [1.165, 1.54) is 0 Å². The van der Waals surface area contributed by atoms with E-state index in [0.29, 0.717) is 6.54 Å². The lowest BCUT2D eigenvalue weighted by molar-refractivity contribution is -0.141. The van der Waals surface area contributed by atoms with Gasteiger partial charge in [-0.05, 0) is 17.4 Å². The van der Waals surface area contributed by atoms with Gasteiger partial charge in [0.2, 0.25) is 5.95 Å². The van der Waals surface area contributed by atoms with Gasteiger partial charge in [-0.3, -0.25) is 0 Å². The van der Waals surface area contributed by atoms with Crippen LogP contribution in [0, 0.1) is 11.3 Å². The number of aromatic nitrogens is 2. The molecule has 1 atom stereocenters. The van der Waals surface area contributed by atoms with Gasteiger partial charge in [0, 0.05) is 12.7 Å². The second-order valence-electron chi connectivity index (χ2n) is 5.41. The summed E-state index contributed by atoms with van der Waals surface area (Å²) in [7, 11) is 0. The first-order valence-electron chi connectivity index (χ1n) is 5.75. The molecule has 0 aromatic carbocycles. The van der Waals surface area contributed by atoms with Crippen LogP contribution in [-0.2, 0) is 6.18 Å². The molecule has 0 saturated carbocycles. The van der Waals surface area contributed by atoms with Crippen LogP contribution in [-0.4, -0.2) is 16.5 Å². The van der Waals surface area contributed by atoms with Gasteiger partial charge in [-0.15, -0.1) is 0 Å². The lowest BCUT2D eigenvalue weighted by atomic mass is 9.82. The first-order valence-corrected chi connectivity index (χ1v) is 5.75. The van der Waals surface area contributed by atoms with Crippen molar-refractivity contribution in [3.05, 3.63) is 18.0 Å². The van der Waals surface area contributed by atoms with Gasteiger partial charge in [-0.1, -0.05) is 27.7 Å². The Labute approximate surface area is 105 Å². The number of nitrogens with zero attached hydrogens (tertiary/aromatic N) is 2. The molecule has 102 valence electrons. The van der Waals surface area contributed by atoms with Crippen LogP contribution in [0.1, 0.15) is 33.4 Å². The molecule has 1 unspecified atom stereocenters. The molecule has 0 radical (unpaired) electrons. The highest BCUT2D eigenvalue weighted by atomic mass is 19.4. The summed E-state index contributed by atoms with van der Waals surface area (Å²) in [6.07, 6.45) is -3.32. The van der Waals surface area contributed by atoms with Gasteiger partial charge >= 0.3 is 6.18 Å². The Balaban J connectivity index is 2.69. The van der Waals surface area contributed by atoms with Gasteiger partial charge in [0.1, 0.15) is 5.69 Å².